The van der Waals surface area contributed by atoms with Crippen LogP contribution in [0.3, 0.4) is 0 Å². The third-order valence-corrected chi connectivity index (χ3v) is 7.23. The topological polar surface area (TPSA) is 26.3 Å². The van der Waals surface area contributed by atoms with Gasteiger partial charge in [0.15, 0.2) is 0 Å². The summed E-state index contributed by atoms with van der Waals surface area (Å²) in [6, 6.07) is 1.42. The first-order valence-electron chi connectivity index (χ1n) is 10.3. The van der Waals surface area contributed by atoms with Crippen LogP contribution in [0.25, 0.3) is 0 Å². The molecular weight excluding hydrogens is 392 g/mol. The molecule has 0 unspecified atom stereocenters. The molecule has 0 aliphatic heterocycles. The van der Waals surface area contributed by atoms with Crippen molar-refractivity contribution in [1.82, 2.24) is 0 Å². The first kappa shape index (κ1) is 24.9. The number of carbonyl (C=O) groups is 1. The van der Waals surface area contributed by atoms with Crippen LogP contribution in [0, 0.1) is 0 Å². The van der Waals surface area contributed by atoms with E-state index in [1.807, 2.05) is 0 Å². The molecule has 4 heteroatoms. The van der Waals surface area contributed by atoms with Crippen LogP contribution in [0.2, 0.25) is 19.1 Å². The molecule has 0 atom stereocenters. The molecule has 0 fully saturated rings. The fourth-order valence-electron chi connectivity index (χ4n) is 2.88. The van der Waals surface area contributed by atoms with Gasteiger partial charge in [0.25, 0.3) is 0 Å². The maximum absolute atomic E-state index is 11.2. The van der Waals surface area contributed by atoms with Crippen LogP contribution in [0.4, 0.5) is 0 Å². The molecular formula is C21H41BrO2Si. The maximum Gasteiger partial charge on any atom is 0.333 e. The Morgan fingerprint density at radius 1 is 0.800 bits per heavy atom. The van der Waals surface area contributed by atoms with E-state index >= 15 is 0 Å². The number of carbonyl (C=O) groups excluding carboxylic acids is 1. The Hall–Kier alpha value is -0.0931. The zero-order chi connectivity index (χ0) is 19.0. The van der Waals surface area contributed by atoms with Gasteiger partial charge in [0.05, 0.1) is 6.61 Å². The molecule has 0 heterocycles. The van der Waals surface area contributed by atoms with Crippen molar-refractivity contribution in [3.8, 4) is 0 Å². The van der Waals surface area contributed by atoms with Gasteiger partial charge >= 0.3 is 5.97 Å². The molecule has 148 valence electrons. The Morgan fingerprint density at radius 2 is 1.16 bits per heavy atom. The summed E-state index contributed by atoms with van der Waals surface area (Å²) in [6.45, 7) is 9.61. The highest BCUT2D eigenvalue weighted by Gasteiger charge is 2.14. The number of hydrogen-bond acceptors (Lipinski definition) is 2. The van der Waals surface area contributed by atoms with Crippen LogP contribution >= 0.6 is 15.3 Å². The maximum atomic E-state index is 11.2. The van der Waals surface area contributed by atoms with E-state index in [2.05, 4.69) is 35.0 Å². The second kappa shape index (κ2) is 16.1. The molecule has 0 spiro atoms. The normalized spacial score (nSPS) is 11.5. The van der Waals surface area contributed by atoms with E-state index in [1.165, 1.54) is 76.7 Å². The van der Waals surface area contributed by atoms with Crippen molar-refractivity contribution >= 4 is 28.0 Å². The van der Waals surface area contributed by atoms with Gasteiger partial charge < -0.3 is 4.74 Å². The minimum absolute atomic E-state index is 0.256. The van der Waals surface area contributed by atoms with E-state index in [9.17, 15) is 4.79 Å². The molecule has 25 heavy (non-hydrogen) atoms. The zero-order valence-electron chi connectivity index (χ0n) is 17.0. The van der Waals surface area contributed by atoms with E-state index in [0.717, 1.165) is 12.8 Å². The number of hydrogen-bond donors (Lipinski definition) is 0. The van der Waals surface area contributed by atoms with Crippen LogP contribution < -0.4 is 0 Å². The van der Waals surface area contributed by atoms with Gasteiger partial charge in [-0.05, 0) is 19.4 Å². The molecule has 0 saturated carbocycles. The fraction of sp³-hybridized carbons (Fsp3) is 0.857. The van der Waals surface area contributed by atoms with Gasteiger partial charge in [-0.15, -0.1) is 15.3 Å². The van der Waals surface area contributed by atoms with E-state index in [1.54, 1.807) is 6.92 Å². The molecule has 2 nitrogen and oxygen atoms in total. The molecule has 0 saturated heterocycles. The summed E-state index contributed by atoms with van der Waals surface area (Å²) in [5.74, 6) is -0.256. The molecule has 0 aliphatic carbocycles. The average molecular weight is 434 g/mol. The van der Waals surface area contributed by atoms with Crippen molar-refractivity contribution in [1.29, 1.82) is 0 Å². The van der Waals surface area contributed by atoms with Crippen LogP contribution in [0.1, 0.15) is 90.4 Å². The Kier molecular flexibility index (Phi) is 16.0. The van der Waals surface area contributed by atoms with E-state index in [0.29, 0.717) is 12.2 Å². The summed E-state index contributed by atoms with van der Waals surface area (Å²) in [7, 11) is 0. The van der Waals surface area contributed by atoms with Crippen LogP contribution in [0.5, 0.6) is 0 Å². The van der Waals surface area contributed by atoms with Crippen LogP contribution in [-0.2, 0) is 9.53 Å². The lowest BCUT2D eigenvalue weighted by atomic mass is 10.0. The van der Waals surface area contributed by atoms with Crippen molar-refractivity contribution in [2.45, 2.75) is 110 Å². The van der Waals surface area contributed by atoms with E-state index in [4.69, 9.17) is 4.74 Å². The summed E-state index contributed by atoms with van der Waals surface area (Å²) in [5.41, 5.74) is 0.490. The van der Waals surface area contributed by atoms with Crippen LogP contribution in [0.15, 0.2) is 12.2 Å². The Balaban J connectivity index is 3.12. The summed E-state index contributed by atoms with van der Waals surface area (Å²) in [4.78, 5) is 11.2. The smallest absolute Gasteiger partial charge is 0.333 e. The van der Waals surface area contributed by atoms with Gasteiger partial charge in [0.1, 0.15) is 6.69 Å². The average Bonchev–Trinajstić information content (AvgIpc) is 2.53. The highest BCUT2D eigenvalue weighted by atomic mass is 79.9. The lowest BCUT2D eigenvalue weighted by molar-refractivity contribution is -0.139. The first-order chi connectivity index (χ1) is 11.8. The van der Waals surface area contributed by atoms with Crippen molar-refractivity contribution in [2.24, 2.45) is 0 Å². The molecule has 0 aromatic rings. The van der Waals surface area contributed by atoms with E-state index < -0.39 is 6.69 Å². The number of halogens is 1. The van der Waals surface area contributed by atoms with Crippen molar-refractivity contribution in [3.05, 3.63) is 12.2 Å². The second-order valence-corrected chi connectivity index (χ2v) is 18.4. The molecule has 0 radical (unpaired) electrons. The quantitative estimate of drug-likeness (QED) is 0.0770. The SMILES string of the molecule is C=C(C)C(=O)OCCCCCCCCCCCCCCC[Si](C)(C)Br. The third kappa shape index (κ3) is 20.1. The third-order valence-electron chi connectivity index (χ3n) is 4.50. The highest BCUT2D eigenvalue weighted by molar-refractivity contribution is 9.26. The van der Waals surface area contributed by atoms with Crippen LogP contribution in [-0.4, -0.2) is 19.3 Å². The monoisotopic (exact) mass is 432 g/mol. The molecule has 0 rings (SSSR count). The van der Waals surface area contributed by atoms with Gasteiger partial charge in [-0.25, -0.2) is 4.79 Å². The molecule has 0 aliphatic rings. The first-order valence-corrected chi connectivity index (χ1v) is 15.8. The highest BCUT2D eigenvalue weighted by Crippen LogP contribution is 2.21. The fourth-order valence-corrected chi connectivity index (χ4v) is 4.81. The molecule has 0 aromatic heterocycles. The lowest BCUT2D eigenvalue weighted by Gasteiger charge is -2.12. The van der Waals surface area contributed by atoms with Gasteiger partial charge in [-0.3, -0.25) is 0 Å². The summed E-state index contributed by atoms with van der Waals surface area (Å²) in [5, 5.41) is 0. The van der Waals surface area contributed by atoms with Gasteiger partial charge in [0.2, 0.25) is 0 Å². The number of ether oxygens (including phenoxy) is 1. The zero-order valence-corrected chi connectivity index (χ0v) is 19.6. The largest absolute Gasteiger partial charge is 0.462 e. The number of unbranched alkanes of at least 4 members (excludes halogenated alkanes) is 12. The van der Waals surface area contributed by atoms with E-state index in [-0.39, 0.29) is 5.97 Å². The standard InChI is InChI=1S/C21H41BrO2Si/c1-20(2)21(23)24-18-16-14-12-10-8-6-5-7-9-11-13-15-17-19-25(3,4)22/h1,5-19H2,2-4H3. The molecule has 0 N–H and O–H groups in total. The van der Waals surface area contributed by atoms with Crippen molar-refractivity contribution < 1.29 is 9.53 Å². The van der Waals surface area contributed by atoms with Gasteiger partial charge in [0, 0.05) is 5.57 Å². The predicted molar refractivity (Wildman–Crippen MR) is 117 cm³/mol. The summed E-state index contributed by atoms with van der Waals surface area (Å²) < 4.78 is 5.09. The Bertz CT molecular complexity index is 350. The van der Waals surface area contributed by atoms with Crippen molar-refractivity contribution in [2.75, 3.05) is 6.61 Å². The predicted octanol–water partition coefficient (Wildman–Crippen LogP) is 7.78. The second-order valence-electron chi connectivity index (χ2n) is 7.98. The molecule has 0 bridgehead atoms. The Morgan fingerprint density at radius 3 is 1.52 bits per heavy atom. The summed E-state index contributed by atoms with van der Waals surface area (Å²) in [6.07, 6.45) is 17.4. The van der Waals surface area contributed by atoms with Crippen molar-refractivity contribution in [3.63, 3.8) is 0 Å². The lowest BCUT2D eigenvalue weighted by Crippen LogP contribution is -2.13. The van der Waals surface area contributed by atoms with Gasteiger partial charge in [-0.2, -0.15) is 0 Å². The summed E-state index contributed by atoms with van der Waals surface area (Å²) >= 11 is 3.85. The number of rotatable bonds is 17. The minimum atomic E-state index is -0.985. The molecule has 0 amide bonds. The number of esters is 1. The van der Waals surface area contributed by atoms with Gasteiger partial charge in [-0.1, -0.05) is 96.7 Å². The Labute approximate surface area is 165 Å². The minimum Gasteiger partial charge on any atom is -0.462 e. The molecule has 0 aromatic carbocycles.